The van der Waals surface area contributed by atoms with Crippen LogP contribution in [0.1, 0.15) is 30.0 Å². The number of piperazine rings is 1. The van der Waals surface area contributed by atoms with E-state index in [0.717, 1.165) is 45.6 Å². The number of nitrogens with one attached hydrogen (secondary N) is 1. The minimum absolute atomic E-state index is 0.192. The predicted molar refractivity (Wildman–Crippen MR) is 101 cm³/mol. The fraction of sp³-hybridized carbons (Fsp3) is 0.409. The topological polar surface area (TPSA) is 34.0 Å². The zero-order valence-electron chi connectivity index (χ0n) is 15.1. The van der Waals surface area contributed by atoms with Crippen molar-refractivity contribution in [3.63, 3.8) is 0 Å². The van der Waals surface area contributed by atoms with Gasteiger partial charge in [-0.3, -0.25) is 4.79 Å². The van der Waals surface area contributed by atoms with Crippen LogP contribution >= 0.6 is 0 Å². The van der Waals surface area contributed by atoms with Gasteiger partial charge in [0.2, 0.25) is 0 Å². The van der Waals surface area contributed by atoms with E-state index in [4.69, 9.17) is 4.74 Å². The normalized spacial score (nSPS) is 21.3. The van der Waals surface area contributed by atoms with Gasteiger partial charge in [-0.1, -0.05) is 60.7 Å². The molecule has 2 aromatic carbocycles. The molecule has 2 saturated heterocycles. The maximum absolute atomic E-state index is 12.6. The maximum Gasteiger partial charge on any atom is 0.252 e. The number of hydrogen-bond donors (Lipinski definition) is 1. The summed E-state index contributed by atoms with van der Waals surface area (Å²) >= 11 is 0. The van der Waals surface area contributed by atoms with E-state index in [0.29, 0.717) is 6.04 Å². The van der Waals surface area contributed by atoms with Crippen LogP contribution in [-0.2, 0) is 9.53 Å². The molecule has 2 aliphatic heterocycles. The molecule has 0 saturated carbocycles. The summed E-state index contributed by atoms with van der Waals surface area (Å²) in [6, 6.07) is 21.8. The number of hydrogen-bond acceptors (Lipinski definition) is 2. The molecule has 0 aromatic heterocycles. The summed E-state index contributed by atoms with van der Waals surface area (Å²) in [5.41, 5.74) is 2.68. The van der Waals surface area contributed by atoms with Gasteiger partial charge in [0.05, 0.1) is 26.2 Å². The highest BCUT2D eigenvalue weighted by atomic mass is 16.5. The first-order valence-electron chi connectivity index (χ1n) is 9.68. The van der Waals surface area contributed by atoms with Gasteiger partial charge >= 0.3 is 0 Å². The van der Waals surface area contributed by atoms with Crippen LogP contribution in [0.3, 0.4) is 0 Å². The van der Waals surface area contributed by atoms with Crippen molar-refractivity contribution in [1.29, 1.82) is 0 Å². The van der Waals surface area contributed by atoms with Gasteiger partial charge in [-0.15, -0.1) is 0 Å². The van der Waals surface area contributed by atoms with Gasteiger partial charge in [-0.05, 0) is 12.8 Å². The maximum atomic E-state index is 12.6. The Morgan fingerprint density at radius 1 is 0.962 bits per heavy atom. The third-order valence-corrected chi connectivity index (χ3v) is 5.60. The molecule has 26 heavy (non-hydrogen) atoms. The fourth-order valence-corrected chi connectivity index (χ4v) is 4.23. The van der Waals surface area contributed by atoms with Crippen molar-refractivity contribution in [2.24, 2.45) is 0 Å². The zero-order chi connectivity index (χ0) is 17.8. The smallest absolute Gasteiger partial charge is 0.252 e. The lowest BCUT2D eigenvalue weighted by Crippen LogP contribution is -3.15. The van der Waals surface area contributed by atoms with Crippen molar-refractivity contribution >= 4 is 5.91 Å². The fourth-order valence-electron chi connectivity index (χ4n) is 4.23. The Hall–Kier alpha value is -2.17. The molecule has 0 unspecified atom stereocenters. The first kappa shape index (κ1) is 17.3. The van der Waals surface area contributed by atoms with Crippen molar-refractivity contribution < 1.29 is 14.4 Å². The Kier molecular flexibility index (Phi) is 5.32. The van der Waals surface area contributed by atoms with E-state index >= 15 is 0 Å². The average molecular weight is 351 g/mol. The standard InChI is InChI=1S/C22H26N2O2/c25-22(20-12-7-17-26-20)24-15-13-23(14-16-24)21(18-8-3-1-4-9-18)19-10-5-2-6-11-19/h1-6,8-11,20-21H,7,12-17H2/p+1/t20-/m0/s1. The minimum Gasteiger partial charge on any atom is -0.368 e. The van der Waals surface area contributed by atoms with Crippen LogP contribution in [0.15, 0.2) is 60.7 Å². The summed E-state index contributed by atoms with van der Waals surface area (Å²) < 4.78 is 5.58. The number of quaternary nitrogens is 1. The molecule has 2 heterocycles. The highest BCUT2D eigenvalue weighted by molar-refractivity contribution is 5.81. The molecular formula is C22H27N2O2+. The molecule has 4 rings (SSSR count). The minimum atomic E-state index is -0.199. The summed E-state index contributed by atoms with van der Waals surface area (Å²) in [7, 11) is 0. The molecule has 0 aliphatic carbocycles. The summed E-state index contributed by atoms with van der Waals surface area (Å²) in [6.45, 7) is 4.28. The number of rotatable bonds is 4. The number of carbonyl (C=O) groups excluding carboxylic acids is 1. The Morgan fingerprint density at radius 3 is 2.04 bits per heavy atom. The molecule has 2 aromatic rings. The Morgan fingerprint density at radius 2 is 1.54 bits per heavy atom. The summed E-state index contributed by atoms with van der Waals surface area (Å²) in [6.07, 6.45) is 1.68. The van der Waals surface area contributed by atoms with Crippen molar-refractivity contribution in [1.82, 2.24) is 4.90 Å². The lowest BCUT2D eigenvalue weighted by atomic mass is 9.96. The predicted octanol–water partition coefficient (Wildman–Crippen LogP) is 1.68. The van der Waals surface area contributed by atoms with Gasteiger partial charge in [0, 0.05) is 17.7 Å². The largest absolute Gasteiger partial charge is 0.368 e. The van der Waals surface area contributed by atoms with Gasteiger partial charge in [-0.25, -0.2) is 0 Å². The Bertz CT molecular complexity index is 666. The molecule has 1 atom stereocenters. The molecule has 0 bridgehead atoms. The van der Waals surface area contributed by atoms with Crippen LogP contribution in [0.2, 0.25) is 0 Å². The first-order chi connectivity index (χ1) is 12.8. The van der Waals surface area contributed by atoms with E-state index in [9.17, 15) is 4.79 Å². The van der Waals surface area contributed by atoms with Crippen molar-refractivity contribution in [2.45, 2.75) is 25.0 Å². The molecule has 4 heteroatoms. The Balaban J connectivity index is 1.49. The van der Waals surface area contributed by atoms with Gasteiger partial charge in [0.1, 0.15) is 12.1 Å². The lowest BCUT2D eigenvalue weighted by Gasteiger charge is -2.37. The third kappa shape index (κ3) is 3.67. The molecule has 2 aliphatic rings. The van der Waals surface area contributed by atoms with Crippen LogP contribution in [-0.4, -0.2) is 49.7 Å². The molecule has 4 nitrogen and oxygen atoms in total. The van der Waals surface area contributed by atoms with E-state index in [2.05, 4.69) is 60.7 Å². The van der Waals surface area contributed by atoms with Crippen molar-refractivity contribution in [3.8, 4) is 0 Å². The van der Waals surface area contributed by atoms with Gasteiger partial charge in [0.15, 0.2) is 0 Å². The second-order valence-corrected chi connectivity index (χ2v) is 7.24. The molecule has 2 fully saturated rings. The summed E-state index contributed by atoms with van der Waals surface area (Å²) in [5.74, 6) is 0.192. The van der Waals surface area contributed by atoms with Crippen LogP contribution in [0.4, 0.5) is 0 Å². The van der Waals surface area contributed by atoms with Gasteiger partial charge < -0.3 is 14.5 Å². The average Bonchev–Trinajstić information content (AvgIpc) is 3.25. The van der Waals surface area contributed by atoms with Crippen molar-refractivity contribution in [2.75, 3.05) is 32.8 Å². The quantitative estimate of drug-likeness (QED) is 0.909. The second-order valence-electron chi connectivity index (χ2n) is 7.24. The van der Waals surface area contributed by atoms with Crippen LogP contribution in [0, 0.1) is 0 Å². The molecule has 0 spiro atoms. The number of benzene rings is 2. The number of nitrogens with zero attached hydrogens (tertiary/aromatic N) is 1. The first-order valence-corrected chi connectivity index (χ1v) is 9.68. The third-order valence-electron chi connectivity index (χ3n) is 5.60. The lowest BCUT2D eigenvalue weighted by molar-refractivity contribution is -0.929. The van der Waals surface area contributed by atoms with Crippen LogP contribution < -0.4 is 4.90 Å². The van der Waals surface area contributed by atoms with Crippen molar-refractivity contribution in [3.05, 3.63) is 71.8 Å². The summed E-state index contributed by atoms with van der Waals surface area (Å²) in [5, 5.41) is 0. The molecular weight excluding hydrogens is 324 g/mol. The highest BCUT2D eigenvalue weighted by Gasteiger charge is 2.34. The van der Waals surface area contributed by atoms with Crippen LogP contribution in [0.5, 0.6) is 0 Å². The number of ether oxygens (including phenoxy) is 1. The number of carbonyl (C=O) groups is 1. The van der Waals surface area contributed by atoms with E-state index in [1.165, 1.54) is 16.0 Å². The zero-order valence-corrected chi connectivity index (χ0v) is 15.1. The van der Waals surface area contributed by atoms with E-state index in [1.807, 2.05) is 4.90 Å². The molecule has 136 valence electrons. The van der Waals surface area contributed by atoms with Gasteiger partial charge in [-0.2, -0.15) is 0 Å². The molecule has 0 radical (unpaired) electrons. The Labute approximate surface area is 155 Å². The van der Waals surface area contributed by atoms with Crippen LogP contribution in [0.25, 0.3) is 0 Å². The SMILES string of the molecule is O=C([C@@H]1CCCO1)N1CC[NH+](C(c2ccccc2)c2ccccc2)CC1. The summed E-state index contributed by atoms with van der Waals surface area (Å²) in [4.78, 5) is 16.1. The molecule has 1 amide bonds. The molecule has 1 N–H and O–H groups in total. The van der Waals surface area contributed by atoms with E-state index in [-0.39, 0.29) is 12.0 Å². The van der Waals surface area contributed by atoms with E-state index in [1.54, 1.807) is 0 Å². The monoisotopic (exact) mass is 351 g/mol. The van der Waals surface area contributed by atoms with E-state index < -0.39 is 0 Å². The van der Waals surface area contributed by atoms with Gasteiger partial charge in [0.25, 0.3) is 5.91 Å². The second kappa shape index (κ2) is 8.02. The highest BCUT2D eigenvalue weighted by Crippen LogP contribution is 2.20. The number of amides is 1.